The molecule has 11 N–H and O–H groups in total. The Labute approximate surface area is 196 Å². The zero-order chi connectivity index (χ0) is 25.1. The maximum atomic E-state index is 12.9. The van der Waals surface area contributed by atoms with Crippen LogP contribution in [0.3, 0.4) is 0 Å². The van der Waals surface area contributed by atoms with E-state index in [1.165, 1.54) is 0 Å². The number of carbonyl (C=O) groups excluding carboxylic acids is 4. The minimum Gasteiger partial charge on any atom is -0.480 e. The number of carbonyl (C=O) groups is 5. The molecular formula is C18H32N8O6S. The number of carboxylic acids is 1. The molecule has 0 aromatic rings. The molecule has 4 unspecified atom stereocenters. The maximum Gasteiger partial charge on any atom is 0.326 e. The number of guanidine groups is 1. The van der Waals surface area contributed by atoms with Gasteiger partial charge in [0.15, 0.2) is 5.96 Å². The number of carboxylic acid groups (broad SMARTS) is 1. The Kier molecular flexibility index (Phi) is 11.4. The van der Waals surface area contributed by atoms with E-state index in [9.17, 15) is 29.1 Å². The first-order valence-corrected chi connectivity index (χ1v) is 10.9. The molecule has 15 heteroatoms. The van der Waals surface area contributed by atoms with Gasteiger partial charge in [-0.05, 0) is 25.7 Å². The van der Waals surface area contributed by atoms with Gasteiger partial charge in [0.2, 0.25) is 23.6 Å². The Morgan fingerprint density at radius 3 is 2.27 bits per heavy atom. The molecule has 0 radical (unpaired) electrons. The van der Waals surface area contributed by atoms with Crippen LogP contribution in [0, 0.1) is 0 Å². The van der Waals surface area contributed by atoms with Crippen LogP contribution in [-0.2, 0) is 24.0 Å². The molecule has 0 saturated carbocycles. The van der Waals surface area contributed by atoms with Gasteiger partial charge in [-0.1, -0.05) is 0 Å². The lowest BCUT2D eigenvalue weighted by molar-refractivity contribution is -0.149. The number of hydrogen-bond acceptors (Lipinski definition) is 8. The normalized spacial score (nSPS) is 18.0. The Hall–Kier alpha value is -3.07. The highest BCUT2D eigenvalue weighted by Gasteiger charge is 2.38. The van der Waals surface area contributed by atoms with Crippen molar-refractivity contribution in [2.75, 3.05) is 18.8 Å². The number of nitrogens with two attached hydrogens (primary N) is 4. The molecule has 0 bridgehead atoms. The van der Waals surface area contributed by atoms with Crippen molar-refractivity contribution >= 4 is 48.2 Å². The molecule has 14 nitrogen and oxygen atoms in total. The summed E-state index contributed by atoms with van der Waals surface area (Å²) in [5.41, 5.74) is 21.4. The quantitative estimate of drug-likeness (QED) is 0.0547. The molecule has 1 rings (SSSR count). The smallest absolute Gasteiger partial charge is 0.326 e. The maximum absolute atomic E-state index is 12.9. The molecule has 1 fully saturated rings. The van der Waals surface area contributed by atoms with E-state index in [1.807, 2.05) is 0 Å². The van der Waals surface area contributed by atoms with Gasteiger partial charge >= 0.3 is 5.97 Å². The summed E-state index contributed by atoms with van der Waals surface area (Å²) < 4.78 is 0. The molecule has 1 saturated heterocycles. The average Bonchev–Trinajstić information content (AvgIpc) is 3.23. The summed E-state index contributed by atoms with van der Waals surface area (Å²) >= 11 is 3.95. The number of primary amides is 1. The second-order valence-corrected chi connectivity index (χ2v) is 7.92. The van der Waals surface area contributed by atoms with Crippen molar-refractivity contribution in [1.29, 1.82) is 0 Å². The molecule has 1 aliphatic rings. The van der Waals surface area contributed by atoms with Crippen LogP contribution in [0.2, 0.25) is 0 Å². The van der Waals surface area contributed by atoms with Crippen LogP contribution >= 0.6 is 12.6 Å². The Morgan fingerprint density at radius 2 is 1.73 bits per heavy atom. The van der Waals surface area contributed by atoms with Gasteiger partial charge in [0.1, 0.15) is 18.1 Å². The second-order valence-electron chi connectivity index (χ2n) is 7.56. The topological polar surface area (TPSA) is 249 Å². The average molecular weight is 489 g/mol. The van der Waals surface area contributed by atoms with E-state index in [0.29, 0.717) is 12.8 Å². The third-order valence-electron chi connectivity index (χ3n) is 4.95. The van der Waals surface area contributed by atoms with Crippen LogP contribution < -0.4 is 33.6 Å². The van der Waals surface area contributed by atoms with Crippen molar-refractivity contribution in [3.8, 4) is 0 Å². The van der Waals surface area contributed by atoms with Gasteiger partial charge in [0.05, 0.1) is 12.5 Å². The number of rotatable bonds is 13. The first kappa shape index (κ1) is 28.0. The number of likely N-dealkylation sites (tertiary alicyclic amines) is 1. The zero-order valence-corrected chi connectivity index (χ0v) is 19.0. The fourth-order valence-corrected chi connectivity index (χ4v) is 3.46. The standard InChI is InChI=1S/C18H32N8O6S/c19-9(8-33)14(28)24-10(3-1-5-23-18(21)22)15(29)25-11(7-13(20)27)16(30)26-6-2-4-12(26)17(31)32/h9-12,33H,1-8,19H2,(H2,20,27)(H,24,28)(H,25,29)(H,31,32)(H4,21,22,23). The summed E-state index contributed by atoms with van der Waals surface area (Å²) in [5.74, 6) is -4.32. The van der Waals surface area contributed by atoms with Crippen LogP contribution in [0.15, 0.2) is 4.99 Å². The molecule has 1 heterocycles. The molecular weight excluding hydrogens is 456 g/mol. The van der Waals surface area contributed by atoms with Gasteiger partial charge in [-0.2, -0.15) is 12.6 Å². The summed E-state index contributed by atoms with van der Waals surface area (Å²) in [4.78, 5) is 65.9. The first-order chi connectivity index (χ1) is 15.5. The van der Waals surface area contributed by atoms with Crippen LogP contribution in [-0.4, -0.2) is 88.6 Å². The summed E-state index contributed by atoms with van der Waals surface area (Å²) in [6.45, 7) is 0.342. The molecule has 4 amide bonds. The number of nitrogens with zero attached hydrogens (tertiary/aromatic N) is 2. The van der Waals surface area contributed by atoms with Crippen molar-refractivity contribution in [2.45, 2.75) is 56.3 Å². The second kappa shape index (κ2) is 13.5. The monoisotopic (exact) mass is 488 g/mol. The minimum atomic E-state index is -1.40. The van der Waals surface area contributed by atoms with E-state index in [4.69, 9.17) is 22.9 Å². The number of thiol groups is 1. The van der Waals surface area contributed by atoms with Crippen LogP contribution in [0.1, 0.15) is 32.1 Å². The van der Waals surface area contributed by atoms with E-state index in [1.54, 1.807) is 0 Å². The van der Waals surface area contributed by atoms with Crippen molar-refractivity contribution < 1.29 is 29.1 Å². The van der Waals surface area contributed by atoms with Gasteiger partial charge in [0, 0.05) is 18.8 Å². The van der Waals surface area contributed by atoms with Crippen molar-refractivity contribution in [1.82, 2.24) is 15.5 Å². The van der Waals surface area contributed by atoms with E-state index in [-0.39, 0.29) is 37.6 Å². The van der Waals surface area contributed by atoms with Gasteiger partial charge in [0.25, 0.3) is 0 Å². The van der Waals surface area contributed by atoms with Crippen molar-refractivity contribution in [3.05, 3.63) is 0 Å². The van der Waals surface area contributed by atoms with E-state index >= 15 is 0 Å². The fraction of sp³-hybridized carbons (Fsp3) is 0.667. The van der Waals surface area contributed by atoms with Crippen LogP contribution in [0.4, 0.5) is 0 Å². The highest BCUT2D eigenvalue weighted by molar-refractivity contribution is 7.80. The molecule has 0 aliphatic carbocycles. The molecule has 186 valence electrons. The van der Waals surface area contributed by atoms with Crippen LogP contribution in [0.25, 0.3) is 0 Å². The minimum absolute atomic E-state index is 0.0303. The van der Waals surface area contributed by atoms with Gasteiger partial charge in [-0.25, -0.2) is 4.79 Å². The lowest BCUT2D eigenvalue weighted by Crippen LogP contribution is -2.58. The summed E-state index contributed by atoms with van der Waals surface area (Å²) in [6, 6.07) is -4.57. The number of amides is 4. The highest BCUT2D eigenvalue weighted by atomic mass is 32.1. The lowest BCUT2D eigenvalue weighted by Gasteiger charge is -2.28. The van der Waals surface area contributed by atoms with E-state index < -0.39 is 60.2 Å². The predicted molar refractivity (Wildman–Crippen MR) is 122 cm³/mol. The SMILES string of the molecule is NC(=O)CC(NC(=O)C(CCCN=C(N)N)NC(=O)C(N)CS)C(=O)N1CCCC1C(=O)O. The molecule has 0 spiro atoms. The van der Waals surface area contributed by atoms with Gasteiger partial charge < -0.3 is 43.6 Å². The van der Waals surface area contributed by atoms with Crippen LogP contribution in [0.5, 0.6) is 0 Å². The van der Waals surface area contributed by atoms with Gasteiger partial charge in [-0.15, -0.1) is 0 Å². The third kappa shape index (κ3) is 9.13. The van der Waals surface area contributed by atoms with E-state index in [2.05, 4.69) is 28.3 Å². The summed E-state index contributed by atoms with van der Waals surface area (Å²) in [6.07, 6.45) is 0.563. The van der Waals surface area contributed by atoms with E-state index in [0.717, 1.165) is 4.90 Å². The molecule has 4 atom stereocenters. The van der Waals surface area contributed by atoms with Crippen molar-refractivity contribution in [2.24, 2.45) is 27.9 Å². The third-order valence-corrected chi connectivity index (χ3v) is 5.35. The lowest BCUT2D eigenvalue weighted by atomic mass is 10.1. The highest BCUT2D eigenvalue weighted by Crippen LogP contribution is 2.19. The number of aliphatic imine (C=N–C) groups is 1. The Morgan fingerprint density at radius 1 is 1.09 bits per heavy atom. The summed E-state index contributed by atoms with van der Waals surface area (Å²) in [7, 11) is 0. The molecule has 33 heavy (non-hydrogen) atoms. The number of nitrogens with one attached hydrogen (secondary N) is 2. The summed E-state index contributed by atoms with van der Waals surface area (Å²) in [5, 5.41) is 14.2. The Bertz CT molecular complexity index is 775. The first-order valence-electron chi connectivity index (χ1n) is 10.3. The molecule has 1 aliphatic heterocycles. The zero-order valence-electron chi connectivity index (χ0n) is 18.1. The number of aliphatic carboxylic acids is 1. The van der Waals surface area contributed by atoms with Gasteiger partial charge in [-0.3, -0.25) is 24.2 Å². The molecule has 0 aromatic heterocycles. The largest absolute Gasteiger partial charge is 0.480 e. The Balaban J connectivity index is 3.00. The van der Waals surface area contributed by atoms with Crippen molar-refractivity contribution in [3.63, 3.8) is 0 Å². The fourth-order valence-electron chi connectivity index (χ4n) is 3.30. The predicted octanol–water partition coefficient (Wildman–Crippen LogP) is -3.78. The molecule has 0 aromatic carbocycles. The number of hydrogen-bond donors (Lipinski definition) is 8.